The highest BCUT2D eigenvalue weighted by atomic mass is 35.5. The van der Waals surface area contributed by atoms with Gasteiger partial charge in [0.05, 0.1) is 27.4 Å². The van der Waals surface area contributed by atoms with Crippen LogP contribution in [0.15, 0.2) is 12.1 Å². The lowest BCUT2D eigenvalue weighted by Crippen LogP contribution is -2.41. The Morgan fingerprint density at radius 1 is 1.17 bits per heavy atom. The number of carbonyl (C=O) groups excluding carboxylic acids is 1. The normalized spacial score (nSPS) is 13.1. The van der Waals surface area contributed by atoms with Crippen molar-refractivity contribution in [3.8, 4) is 11.5 Å². The fourth-order valence-corrected chi connectivity index (χ4v) is 2.58. The fourth-order valence-electron chi connectivity index (χ4n) is 2.58. The maximum atomic E-state index is 12.2. The predicted molar refractivity (Wildman–Crippen MR) is 90.7 cm³/mol. The van der Waals surface area contributed by atoms with Crippen LogP contribution >= 0.6 is 12.4 Å². The molecule has 1 aliphatic rings. The Labute approximate surface area is 143 Å². The van der Waals surface area contributed by atoms with Crippen molar-refractivity contribution >= 4 is 18.3 Å². The summed E-state index contributed by atoms with van der Waals surface area (Å²) in [5.74, 6) is 1.55. The first-order valence-corrected chi connectivity index (χ1v) is 7.40. The summed E-state index contributed by atoms with van der Waals surface area (Å²) in [6.07, 6.45) is 0.833. The zero-order valence-corrected chi connectivity index (χ0v) is 14.7. The van der Waals surface area contributed by atoms with Gasteiger partial charge in [-0.3, -0.25) is 4.79 Å². The molecule has 0 aliphatic carbocycles. The van der Waals surface area contributed by atoms with E-state index < -0.39 is 0 Å². The van der Waals surface area contributed by atoms with Gasteiger partial charge in [0.25, 0.3) is 0 Å². The van der Waals surface area contributed by atoms with Gasteiger partial charge in [-0.2, -0.15) is 0 Å². The molecule has 0 saturated heterocycles. The number of fused-ring (bicyclic) bond motifs is 1. The van der Waals surface area contributed by atoms with E-state index in [1.165, 1.54) is 5.56 Å². The molecule has 0 bridgehead atoms. The quantitative estimate of drug-likeness (QED) is 0.754. The van der Waals surface area contributed by atoms with Crippen LogP contribution in [0.25, 0.3) is 0 Å². The van der Waals surface area contributed by atoms with Gasteiger partial charge in [-0.15, -0.1) is 12.4 Å². The lowest BCUT2D eigenvalue weighted by Gasteiger charge is -2.29. The predicted octanol–water partition coefficient (Wildman–Crippen LogP) is 1.25. The standard InChI is InChI=1S/C16H24N2O4.ClH/c1-20-7-5-17-10-16(19)18-6-4-12-8-14(21-2)15(22-3)9-13(12)11-18;/h8-9,17H,4-7,10-11H2,1-3H3;1H. The van der Waals surface area contributed by atoms with Crippen molar-refractivity contribution in [1.82, 2.24) is 10.2 Å². The summed E-state index contributed by atoms with van der Waals surface area (Å²) in [7, 11) is 4.90. The zero-order valence-electron chi connectivity index (χ0n) is 13.9. The number of benzene rings is 1. The van der Waals surface area contributed by atoms with Crippen LogP contribution in [0.2, 0.25) is 0 Å². The molecule has 1 heterocycles. The van der Waals surface area contributed by atoms with E-state index in [0.717, 1.165) is 24.3 Å². The Balaban J connectivity index is 0.00000264. The molecule has 0 radical (unpaired) electrons. The van der Waals surface area contributed by atoms with Crippen molar-refractivity contribution < 1.29 is 19.0 Å². The molecule has 1 amide bonds. The number of carbonyl (C=O) groups is 1. The van der Waals surface area contributed by atoms with E-state index in [2.05, 4.69) is 5.32 Å². The number of nitrogens with one attached hydrogen (secondary N) is 1. The second-order valence-electron chi connectivity index (χ2n) is 5.21. The van der Waals surface area contributed by atoms with Gasteiger partial charge in [-0.1, -0.05) is 0 Å². The highest BCUT2D eigenvalue weighted by Crippen LogP contribution is 2.33. The van der Waals surface area contributed by atoms with E-state index >= 15 is 0 Å². The summed E-state index contributed by atoms with van der Waals surface area (Å²) in [4.78, 5) is 14.1. The second kappa shape index (κ2) is 9.60. The fraction of sp³-hybridized carbons (Fsp3) is 0.562. The summed E-state index contributed by atoms with van der Waals surface area (Å²) in [6, 6.07) is 3.97. The number of hydrogen-bond donors (Lipinski definition) is 1. The summed E-state index contributed by atoms with van der Waals surface area (Å²) < 4.78 is 15.6. The summed E-state index contributed by atoms with van der Waals surface area (Å²) in [5, 5.41) is 3.09. The maximum absolute atomic E-state index is 12.2. The van der Waals surface area contributed by atoms with Crippen LogP contribution in [-0.4, -0.2) is 58.4 Å². The molecule has 23 heavy (non-hydrogen) atoms. The third-order valence-corrected chi connectivity index (χ3v) is 3.83. The molecule has 0 unspecified atom stereocenters. The van der Waals surface area contributed by atoms with E-state index in [4.69, 9.17) is 14.2 Å². The third kappa shape index (κ3) is 4.99. The van der Waals surface area contributed by atoms with Crippen LogP contribution in [0, 0.1) is 0 Å². The van der Waals surface area contributed by atoms with Gasteiger partial charge in [0.2, 0.25) is 5.91 Å². The Kier molecular flexibility index (Phi) is 8.16. The summed E-state index contributed by atoms with van der Waals surface area (Å²) in [6.45, 7) is 2.96. The third-order valence-electron chi connectivity index (χ3n) is 3.83. The molecular weight excluding hydrogens is 320 g/mol. The SMILES string of the molecule is COCCNCC(=O)N1CCc2cc(OC)c(OC)cc2C1.Cl. The molecule has 0 aromatic heterocycles. The largest absolute Gasteiger partial charge is 0.493 e. The Bertz CT molecular complexity index is 525. The summed E-state index contributed by atoms with van der Waals surface area (Å²) >= 11 is 0. The second-order valence-corrected chi connectivity index (χ2v) is 5.21. The van der Waals surface area contributed by atoms with Gasteiger partial charge in [-0.05, 0) is 29.7 Å². The van der Waals surface area contributed by atoms with E-state index in [1.54, 1.807) is 21.3 Å². The first kappa shape index (κ1) is 19.5. The molecule has 0 atom stereocenters. The number of amides is 1. The highest BCUT2D eigenvalue weighted by molar-refractivity contribution is 5.85. The van der Waals surface area contributed by atoms with E-state index in [1.807, 2.05) is 17.0 Å². The minimum Gasteiger partial charge on any atom is -0.493 e. The maximum Gasteiger partial charge on any atom is 0.236 e. The van der Waals surface area contributed by atoms with Gasteiger partial charge < -0.3 is 24.4 Å². The highest BCUT2D eigenvalue weighted by Gasteiger charge is 2.22. The van der Waals surface area contributed by atoms with Crippen LogP contribution in [0.3, 0.4) is 0 Å². The lowest BCUT2D eigenvalue weighted by molar-refractivity contribution is -0.131. The monoisotopic (exact) mass is 344 g/mol. The Morgan fingerprint density at radius 2 is 1.83 bits per heavy atom. The van der Waals surface area contributed by atoms with Crippen molar-refractivity contribution in [2.75, 3.05) is 47.6 Å². The van der Waals surface area contributed by atoms with Gasteiger partial charge in [0.15, 0.2) is 11.5 Å². The topological polar surface area (TPSA) is 60.0 Å². The molecule has 6 nitrogen and oxygen atoms in total. The molecule has 1 N–H and O–H groups in total. The zero-order chi connectivity index (χ0) is 15.9. The van der Waals surface area contributed by atoms with Crippen LogP contribution in [0.1, 0.15) is 11.1 Å². The minimum absolute atomic E-state index is 0. The van der Waals surface area contributed by atoms with Crippen molar-refractivity contribution in [1.29, 1.82) is 0 Å². The van der Waals surface area contributed by atoms with Gasteiger partial charge in [-0.25, -0.2) is 0 Å². The molecule has 7 heteroatoms. The number of ether oxygens (including phenoxy) is 3. The van der Waals surface area contributed by atoms with Crippen molar-refractivity contribution in [2.45, 2.75) is 13.0 Å². The smallest absolute Gasteiger partial charge is 0.236 e. The molecule has 1 aromatic carbocycles. The molecule has 130 valence electrons. The van der Waals surface area contributed by atoms with Crippen molar-refractivity contribution in [3.63, 3.8) is 0 Å². The molecule has 1 aromatic rings. The van der Waals surface area contributed by atoms with E-state index in [0.29, 0.717) is 32.0 Å². The van der Waals surface area contributed by atoms with E-state index in [-0.39, 0.29) is 18.3 Å². The number of methoxy groups -OCH3 is 3. The van der Waals surface area contributed by atoms with Crippen molar-refractivity contribution in [2.24, 2.45) is 0 Å². The lowest BCUT2D eigenvalue weighted by atomic mass is 9.98. The van der Waals surface area contributed by atoms with Crippen LogP contribution < -0.4 is 14.8 Å². The van der Waals surface area contributed by atoms with Crippen molar-refractivity contribution in [3.05, 3.63) is 23.3 Å². The van der Waals surface area contributed by atoms with Crippen LogP contribution in [0.5, 0.6) is 11.5 Å². The average molecular weight is 345 g/mol. The summed E-state index contributed by atoms with van der Waals surface area (Å²) in [5.41, 5.74) is 2.34. The number of hydrogen-bond acceptors (Lipinski definition) is 5. The van der Waals surface area contributed by atoms with Crippen LogP contribution in [0.4, 0.5) is 0 Å². The molecule has 1 aliphatic heterocycles. The van der Waals surface area contributed by atoms with Crippen LogP contribution in [-0.2, 0) is 22.5 Å². The minimum atomic E-state index is 0. The Morgan fingerprint density at radius 3 is 2.43 bits per heavy atom. The van der Waals surface area contributed by atoms with E-state index in [9.17, 15) is 4.79 Å². The molecule has 2 rings (SSSR count). The first-order valence-electron chi connectivity index (χ1n) is 7.40. The molecule has 0 spiro atoms. The number of nitrogens with zero attached hydrogens (tertiary/aromatic N) is 1. The molecular formula is C16H25ClN2O4. The Hall–Kier alpha value is -1.50. The van der Waals surface area contributed by atoms with Gasteiger partial charge in [0.1, 0.15) is 0 Å². The molecule has 0 saturated carbocycles. The number of rotatable bonds is 7. The first-order chi connectivity index (χ1) is 10.7. The molecule has 0 fully saturated rings. The van der Waals surface area contributed by atoms with Gasteiger partial charge in [0, 0.05) is 26.7 Å². The van der Waals surface area contributed by atoms with Gasteiger partial charge >= 0.3 is 0 Å². The average Bonchev–Trinajstić information content (AvgIpc) is 2.56. The number of halogens is 1.